The molecule has 0 spiro atoms. The highest BCUT2D eigenvalue weighted by molar-refractivity contribution is 5.82. The van der Waals surface area contributed by atoms with Crippen molar-refractivity contribution in [3.05, 3.63) is 0 Å². The van der Waals surface area contributed by atoms with Gasteiger partial charge in [-0.1, -0.05) is 19.3 Å². The van der Waals surface area contributed by atoms with Crippen LogP contribution in [-0.2, 0) is 19.0 Å². The lowest BCUT2D eigenvalue weighted by Crippen LogP contribution is -2.27. The van der Waals surface area contributed by atoms with Crippen molar-refractivity contribution in [1.82, 2.24) is 0 Å². The number of carbonyl (C=O) groups excluding carboxylic acids is 1. The van der Waals surface area contributed by atoms with Gasteiger partial charge in [0.1, 0.15) is 0 Å². The van der Waals surface area contributed by atoms with E-state index in [1.807, 2.05) is 6.92 Å². The van der Waals surface area contributed by atoms with Gasteiger partial charge in [0.05, 0.1) is 19.3 Å². The van der Waals surface area contributed by atoms with Crippen molar-refractivity contribution in [3.63, 3.8) is 0 Å². The van der Waals surface area contributed by atoms with Crippen molar-refractivity contribution in [2.45, 2.75) is 70.0 Å². The van der Waals surface area contributed by atoms with Crippen LogP contribution in [0.3, 0.4) is 0 Å². The largest absolute Gasteiger partial charge is 0.464 e. The van der Waals surface area contributed by atoms with Crippen LogP contribution in [-0.4, -0.2) is 37.5 Å². The fourth-order valence-corrected chi connectivity index (χ4v) is 2.71. The van der Waals surface area contributed by atoms with Gasteiger partial charge in [0.15, 0.2) is 5.60 Å². The lowest BCUT2D eigenvalue weighted by molar-refractivity contribution is -0.149. The van der Waals surface area contributed by atoms with E-state index in [1.54, 1.807) is 0 Å². The maximum atomic E-state index is 11.6. The highest BCUT2D eigenvalue weighted by Gasteiger charge is 2.52. The summed E-state index contributed by atoms with van der Waals surface area (Å²) >= 11 is 0. The standard InChI is InChI=1S/C15H26O4/c1-2-17-14(16)15(12-19-15)10-6-3-7-11-18-13-8-4-5-9-13/h13H,2-12H2,1H3. The monoisotopic (exact) mass is 270 g/mol. The van der Waals surface area contributed by atoms with Gasteiger partial charge >= 0.3 is 5.97 Å². The molecule has 4 nitrogen and oxygen atoms in total. The molecule has 19 heavy (non-hydrogen) atoms. The summed E-state index contributed by atoms with van der Waals surface area (Å²) in [5.74, 6) is -0.183. The minimum absolute atomic E-state index is 0.183. The first kappa shape index (κ1) is 14.8. The lowest BCUT2D eigenvalue weighted by Gasteiger charge is -2.12. The first-order valence-electron chi connectivity index (χ1n) is 7.69. The molecule has 1 saturated carbocycles. The molecule has 0 N–H and O–H groups in total. The summed E-state index contributed by atoms with van der Waals surface area (Å²) in [5, 5.41) is 0. The summed E-state index contributed by atoms with van der Waals surface area (Å²) in [6, 6.07) is 0. The molecule has 0 radical (unpaired) electrons. The second-order valence-corrected chi connectivity index (χ2v) is 5.59. The Morgan fingerprint density at radius 2 is 2.00 bits per heavy atom. The molecule has 1 aliphatic carbocycles. The lowest BCUT2D eigenvalue weighted by atomic mass is 10.0. The van der Waals surface area contributed by atoms with E-state index in [4.69, 9.17) is 14.2 Å². The second-order valence-electron chi connectivity index (χ2n) is 5.59. The van der Waals surface area contributed by atoms with Crippen molar-refractivity contribution in [2.24, 2.45) is 0 Å². The molecule has 1 unspecified atom stereocenters. The van der Waals surface area contributed by atoms with E-state index in [9.17, 15) is 4.79 Å². The maximum Gasteiger partial charge on any atom is 0.340 e. The first-order chi connectivity index (χ1) is 9.27. The molecule has 4 heteroatoms. The number of rotatable bonds is 9. The SMILES string of the molecule is CCOC(=O)C1(CCCCCOC2CCCC2)CO1. The minimum Gasteiger partial charge on any atom is -0.464 e. The van der Waals surface area contributed by atoms with Gasteiger partial charge in [0.2, 0.25) is 0 Å². The molecule has 2 aliphatic rings. The van der Waals surface area contributed by atoms with Crippen LogP contribution in [0.5, 0.6) is 0 Å². The van der Waals surface area contributed by atoms with E-state index in [2.05, 4.69) is 0 Å². The molecule has 1 heterocycles. The molecule has 0 bridgehead atoms. The summed E-state index contributed by atoms with van der Waals surface area (Å²) in [5.41, 5.74) is -0.595. The molecule has 1 atom stereocenters. The van der Waals surface area contributed by atoms with Gasteiger partial charge in [-0.3, -0.25) is 0 Å². The zero-order valence-electron chi connectivity index (χ0n) is 12.0. The van der Waals surface area contributed by atoms with E-state index in [-0.39, 0.29) is 5.97 Å². The fourth-order valence-electron chi connectivity index (χ4n) is 2.71. The Morgan fingerprint density at radius 3 is 2.63 bits per heavy atom. The van der Waals surface area contributed by atoms with Crippen LogP contribution in [0.1, 0.15) is 58.3 Å². The molecular formula is C15H26O4. The Morgan fingerprint density at radius 1 is 1.26 bits per heavy atom. The quantitative estimate of drug-likeness (QED) is 0.367. The summed E-state index contributed by atoms with van der Waals surface area (Å²) < 4.78 is 16.1. The number of ether oxygens (including phenoxy) is 3. The molecule has 110 valence electrons. The highest BCUT2D eigenvalue weighted by Crippen LogP contribution is 2.34. The van der Waals surface area contributed by atoms with Crippen LogP contribution in [0.2, 0.25) is 0 Å². The van der Waals surface area contributed by atoms with E-state index >= 15 is 0 Å². The number of epoxide rings is 1. The van der Waals surface area contributed by atoms with Gasteiger partial charge in [-0.2, -0.15) is 0 Å². The molecule has 0 aromatic heterocycles. The van der Waals surface area contributed by atoms with Gasteiger partial charge in [-0.05, 0) is 39.0 Å². The van der Waals surface area contributed by atoms with Gasteiger partial charge in [-0.15, -0.1) is 0 Å². The second kappa shape index (κ2) is 7.25. The molecule has 1 aliphatic heterocycles. The van der Waals surface area contributed by atoms with E-state index in [0.29, 0.717) is 19.3 Å². The average molecular weight is 270 g/mol. The van der Waals surface area contributed by atoms with Crippen LogP contribution in [0.25, 0.3) is 0 Å². The average Bonchev–Trinajstić information content (AvgIpc) is 3.02. The third-order valence-corrected chi connectivity index (χ3v) is 4.02. The number of unbranched alkanes of at least 4 members (excludes halogenated alkanes) is 2. The molecule has 0 aromatic rings. The Balaban J connectivity index is 1.48. The predicted octanol–water partition coefficient (Wildman–Crippen LogP) is 2.84. The van der Waals surface area contributed by atoms with E-state index < -0.39 is 5.60 Å². The minimum atomic E-state index is -0.595. The van der Waals surface area contributed by atoms with Gasteiger partial charge in [0.25, 0.3) is 0 Å². The molecule has 2 fully saturated rings. The molecular weight excluding hydrogens is 244 g/mol. The zero-order valence-corrected chi connectivity index (χ0v) is 12.0. The number of hydrogen-bond acceptors (Lipinski definition) is 4. The molecule has 1 saturated heterocycles. The van der Waals surface area contributed by atoms with Crippen LogP contribution in [0.4, 0.5) is 0 Å². The van der Waals surface area contributed by atoms with Crippen molar-refractivity contribution < 1.29 is 19.0 Å². The highest BCUT2D eigenvalue weighted by atomic mass is 16.6. The number of hydrogen-bond donors (Lipinski definition) is 0. The van der Waals surface area contributed by atoms with Crippen molar-refractivity contribution in [2.75, 3.05) is 19.8 Å². The van der Waals surface area contributed by atoms with Crippen molar-refractivity contribution >= 4 is 5.97 Å². The first-order valence-corrected chi connectivity index (χ1v) is 7.69. The molecule has 0 amide bonds. The van der Waals surface area contributed by atoms with Crippen LogP contribution >= 0.6 is 0 Å². The van der Waals surface area contributed by atoms with E-state index in [1.165, 1.54) is 25.7 Å². The number of esters is 1. The Hall–Kier alpha value is -0.610. The van der Waals surface area contributed by atoms with Crippen molar-refractivity contribution in [3.8, 4) is 0 Å². The summed E-state index contributed by atoms with van der Waals surface area (Å²) in [7, 11) is 0. The molecule has 0 aromatic carbocycles. The predicted molar refractivity (Wildman–Crippen MR) is 72.0 cm³/mol. The zero-order chi connectivity index (χ0) is 13.6. The summed E-state index contributed by atoms with van der Waals surface area (Å²) in [6.45, 7) is 3.65. The van der Waals surface area contributed by atoms with Gasteiger partial charge in [0, 0.05) is 6.61 Å². The summed E-state index contributed by atoms with van der Waals surface area (Å²) in [4.78, 5) is 11.6. The smallest absolute Gasteiger partial charge is 0.340 e. The fraction of sp³-hybridized carbons (Fsp3) is 0.933. The topological polar surface area (TPSA) is 48.1 Å². The summed E-state index contributed by atoms with van der Waals surface area (Å²) in [6.07, 6.45) is 9.60. The third kappa shape index (κ3) is 4.46. The van der Waals surface area contributed by atoms with Crippen molar-refractivity contribution in [1.29, 1.82) is 0 Å². The van der Waals surface area contributed by atoms with Crippen LogP contribution in [0, 0.1) is 0 Å². The van der Waals surface area contributed by atoms with Gasteiger partial charge < -0.3 is 14.2 Å². The van der Waals surface area contributed by atoms with E-state index in [0.717, 1.165) is 32.3 Å². The normalized spacial score (nSPS) is 26.6. The maximum absolute atomic E-state index is 11.6. The van der Waals surface area contributed by atoms with Gasteiger partial charge in [-0.25, -0.2) is 4.79 Å². The Bertz CT molecular complexity index is 280. The van der Waals surface area contributed by atoms with Crippen LogP contribution in [0.15, 0.2) is 0 Å². The Kier molecular flexibility index (Phi) is 5.64. The van der Waals surface area contributed by atoms with Crippen LogP contribution < -0.4 is 0 Å². The number of carbonyl (C=O) groups is 1. The Labute approximate surface area is 115 Å². The third-order valence-electron chi connectivity index (χ3n) is 4.02. The molecule has 2 rings (SSSR count).